The van der Waals surface area contributed by atoms with E-state index in [0.29, 0.717) is 6.04 Å². The third-order valence-electron chi connectivity index (χ3n) is 4.50. The van der Waals surface area contributed by atoms with Gasteiger partial charge < -0.3 is 0 Å². The number of nitrogens with zero attached hydrogens (tertiary/aromatic N) is 2. The van der Waals surface area contributed by atoms with Crippen LogP contribution < -0.4 is 0 Å². The van der Waals surface area contributed by atoms with Gasteiger partial charge in [0.2, 0.25) is 0 Å². The third kappa shape index (κ3) is 2.84. The van der Waals surface area contributed by atoms with Crippen LogP contribution in [-0.2, 0) is 5.41 Å². The second-order valence-electron chi connectivity index (χ2n) is 7.83. The summed E-state index contributed by atoms with van der Waals surface area (Å²) >= 11 is 0. The molecule has 0 saturated heterocycles. The number of aryl methyl sites for hydroxylation is 3. The highest BCUT2D eigenvalue weighted by atomic mass is 15.3. The SMILES string of the molecule is Cc1cc(-c2c(C)nn(C(C)C)c2C(C)(C)C)cc(C)c1C. The average Bonchev–Trinajstić information content (AvgIpc) is 2.73. The van der Waals surface area contributed by atoms with Crippen molar-refractivity contribution in [2.24, 2.45) is 0 Å². The van der Waals surface area contributed by atoms with Crippen molar-refractivity contribution in [3.05, 3.63) is 40.2 Å². The lowest BCUT2D eigenvalue weighted by atomic mass is 9.85. The summed E-state index contributed by atoms with van der Waals surface area (Å²) in [5.74, 6) is 0. The van der Waals surface area contributed by atoms with Gasteiger partial charge in [0.15, 0.2) is 0 Å². The molecule has 2 heteroatoms. The lowest BCUT2D eigenvalue weighted by molar-refractivity contribution is 0.446. The zero-order chi connectivity index (χ0) is 16.8. The van der Waals surface area contributed by atoms with Crippen LogP contribution in [0.3, 0.4) is 0 Å². The molecule has 22 heavy (non-hydrogen) atoms. The molecule has 0 unspecified atom stereocenters. The Labute approximate surface area is 135 Å². The first kappa shape index (κ1) is 16.8. The summed E-state index contributed by atoms with van der Waals surface area (Å²) in [4.78, 5) is 0. The van der Waals surface area contributed by atoms with Gasteiger partial charge in [-0.15, -0.1) is 0 Å². The molecule has 0 amide bonds. The quantitative estimate of drug-likeness (QED) is 0.699. The van der Waals surface area contributed by atoms with E-state index in [0.717, 1.165) is 5.69 Å². The zero-order valence-corrected chi connectivity index (χ0v) is 15.6. The molecule has 2 aromatic rings. The van der Waals surface area contributed by atoms with Crippen LogP contribution in [-0.4, -0.2) is 9.78 Å². The lowest BCUT2D eigenvalue weighted by Crippen LogP contribution is -2.20. The van der Waals surface area contributed by atoms with Gasteiger partial charge in [-0.2, -0.15) is 5.10 Å². The summed E-state index contributed by atoms with van der Waals surface area (Å²) < 4.78 is 2.20. The molecule has 0 radical (unpaired) electrons. The molecule has 0 aliphatic rings. The van der Waals surface area contributed by atoms with Crippen LogP contribution in [0.4, 0.5) is 0 Å². The number of benzene rings is 1. The Hall–Kier alpha value is -1.57. The van der Waals surface area contributed by atoms with Crippen molar-refractivity contribution in [2.45, 2.75) is 73.8 Å². The molecule has 120 valence electrons. The van der Waals surface area contributed by atoms with Crippen LogP contribution in [0, 0.1) is 27.7 Å². The predicted octanol–water partition coefficient (Wildman–Crippen LogP) is 5.66. The van der Waals surface area contributed by atoms with Gasteiger partial charge in [0.25, 0.3) is 0 Å². The molecular formula is C20H30N2. The van der Waals surface area contributed by atoms with E-state index in [9.17, 15) is 0 Å². The zero-order valence-electron chi connectivity index (χ0n) is 15.6. The van der Waals surface area contributed by atoms with Crippen LogP contribution in [0.1, 0.15) is 68.7 Å². The predicted molar refractivity (Wildman–Crippen MR) is 95.7 cm³/mol. The van der Waals surface area contributed by atoms with Crippen molar-refractivity contribution in [2.75, 3.05) is 0 Å². The summed E-state index contributed by atoms with van der Waals surface area (Å²) in [5.41, 5.74) is 9.23. The van der Waals surface area contributed by atoms with Crippen molar-refractivity contribution in [3.63, 3.8) is 0 Å². The topological polar surface area (TPSA) is 17.8 Å². The second kappa shape index (κ2) is 5.57. The minimum Gasteiger partial charge on any atom is -0.266 e. The maximum absolute atomic E-state index is 4.85. The van der Waals surface area contributed by atoms with Gasteiger partial charge >= 0.3 is 0 Å². The van der Waals surface area contributed by atoms with Crippen LogP contribution in [0.2, 0.25) is 0 Å². The van der Waals surface area contributed by atoms with Crippen LogP contribution >= 0.6 is 0 Å². The van der Waals surface area contributed by atoms with Crippen LogP contribution in [0.25, 0.3) is 11.1 Å². The van der Waals surface area contributed by atoms with Crippen molar-refractivity contribution in [1.82, 2.24) is 9.78 Å². The maximum atomic E-state index is 4.85. The van der Waals surface area contributed by atoms with Gasteiger partial charge in [-0.3, -0.25) is 4.68 Å². The summed E-state index contributed by atoms with van der Waals surface area (Å²) in [7, 11) is 0. The van der Waals surface area contributed by atoms with Crippen molar-refractivity contribution >= 4 is 0 Å². The smallest absolute Gasteiger partial charge is 0.0675 e. The third-order valence-corrected chi connectivity index (χ3v) is 4.50. The molecule has 0 atom stereocenters. The van der Waals surface area contributed by atoms with Crippen molar-refractivity contribution in [3.8, 4) is 11.1 Å². The Morgan fingerprint density at radius 3 is 1.86 bits per heavy atom. The van der Waals surface area contributed by atoms with E-state index in [-0.39, 0.29) is 5.41 Å². The summed E-state index contributed by atoms with van der Waals surface area (Å²) in [6.45, 7) is 20.0. The molecule has 0 fully saturated rings. The van der Waals surface area contributed by atoms with E-state index in [2.05, 4.69) is 79.1 Å². The minimum absolute atomic E-state index is 0.0631. The molecular weight excluding hydrogens is 268 g/mol. The normalized spacial score (nSPS) is 12.3. The van der Waals surface area contributed by atoms with Gasteiger partial charge in [0.05, 0.1) is 11.4 Å². The number of aromatic nitrogens is 2. The fraction of sp³-hybridized carbons (Fsp3) is 0.550. The van der Waals surface area contributed by atoms with Crippen LogP contribution in [0.15, 0.2) is 12.1 Å². The molecule has 0 spiro atoms. The Balaban J connectivity index is 2.81. The van der Waals surface area contributed by atoms with E-state index in [4.69, 9.17) is 5.10 Å². The first-order chi connectivity index (χ1) is 10.0. The summed E-state index contributed by atoms with van der Waals surface area (Å²) in [5, 5.41) is 4.85. The molecule has 0 aliphatic heterocycles. The first-order valence-corrected chi connectivity index (χ1v) is 8.21. The van der Waals surface area contributed by atoms with E-state index >= 15 is 0 Å². The number of hydrogen-bond donors (Lipinski definition) is 0. The Morgan fingerprint density at radius 2 is 1.45 bits per heavy atom. The van der Waals surface area contributed by atoms with Gasteiger partial charge in [-0.05, 0) is 63.8 Å². The van der Waals surface area contributed by atoms with Gasteiger partial charge in [0, 0.05) is 17.0 Å². The molecule has 1 aromatic heterocycles. The van der Waals surface area contributed by atoms with E-state index < -0.39 is 0 Å². The molecule has 1 aromatic carbocycles. The minimum atomic E-state index is 0.0631. The van der Waals surface area contributed by atoms with Gasteiger partial charge in [-0.25, -0.2) is 0 Å². The highest BCUT2D eigenvalue weighted by Gasteiger charge is 2.28. The Morgan fingerprint density at radius 1 is 0.955 bits per heavy atom. The average molecular weight is 298 g/mol. The molecule has 0 saturated carbocycles. The Bertz CT molecular complexity index is 674. The molecule has 2 nitrogen and oxygen atoms in total. The standard InChI is InChI=1S/C20H30N2/c1-12(2)22-19(20(7,8)9)18(16(6)21-22)17-10-13(3)15(5)14(4)11-17/h10-12H,1-9H3. The molecule has 0 N–H and O–H groups in total. The van der Waals surface area contributed by atoms with Gasteiger partial charge in [0.1, 0.15) is 0 Å². The highest BCUT2D eigenvalue weighted by molar-refractivity contribution is 5.72. The molecule has 2 rings (SSSR count). The van der Waals surface area contributed by atoms with Crippen molar-refractivity contribution < 1.29 is 0 Å². The summed E-state index contributed by atoms with van der Waals surface area (Å²) in [6.07, 6.45) is 0. The van der Waals surface area contributed by atoms with Crippen LogP contribution in [0.5, 0.6) is 0 Å². The van der Waals surface area contributed by atoms with E-state index in [1.54, 1.807) is 0 Å². The Kier molecular flexibility index (Phi) is 4.25. The molecule has 0 bridgehead atoms. The summed E-state index contributed by atoms with van der Waals surface area (Å²) in [6, 6.07) is 4.99. The fourth-order valence-electron chi connectivity index (χ4n) is 3.17. The lowest BCUT2D eigenvalue weighted by Gasteiger charge is -2.25. The monoisotopic (exact) mass is 298 g/mol. The van der Waals surface area contributed by atoms with Gasteiger partial charge in [-0.1, -0.05) is 32.9 Å². The van der Waals surface area contributed by atoms with E-state index in [1.165, 1.54) is 33.5 Å². The highest BCUT2D eigenvalue weighted by Crippen LogP contribution is 2.38. The largest absolute Gasteiger partial charge is 0.266 e. The maximum Gasteiger partial charge on any atom is 0.0675 e. The molecule has 0 aliphatic carbocycles. The second-order valence-corrected chi connectivity index (χ2v) is 7.83. The number of hydrogen-bond acceptors (Lipinski definition) is 1. The fourth-order valence-corrected chi connectivity index (χ4v) is 3.17. The molecule has 1 heterocycles. The number of rotatable bonds is 2. The van der Waals surface area contributed by atoms with E-state index in [1.807, 2.05) is 0 Å². The first-order valence-electron chi connectivity index (χ1n) is 8.21. The van der Waals surface area contributed by atoms with Crippen molar-refractivity contribution in [1.29, 1.82) is 0 Å².